The van der Waals surface area contributed by atoms with Gasteiger partial charge < -0.3 is 34.4 Å². The molecule has 3 heterocycles. The van der Waals surface area contributed by atoms with E-state index >= 15 is 0 Å². The Labute approximate surface area is 221 Å². The summed E-state index contributed by atoms with van der Waals surface area (Å²) in [6.45, 7) is 4.30. The monoisotopic (exact) mass is 563 g/mol. The Kier molecular flexibility index (Phi) is 8.99. The summed E-state index contributed by atoms with van der Waals surface area (Å²) in [6.07, 6.45) is -1.76. The molecule has 3 rings (SSSR count). The van der Waals surface area contributed by atoms with E-state index in [1.165, 1.54) is 23.6 Å². The highest BCUT2D eigenvalue weighted by Gasteiger charge is 2.60. The number of likely N-dealkylation sites (N-methyl/N-ethyl adjacent to an activating group) is 1. The van der Waals surface area contributed by atoms with Gasteiger partial charge in [-0.3, -0.25) is 4.79 Å². The lowest BCUT2D eigenvalue weighted by molar-refractivity contribution is -0.873. The predicted octanol–water partition coefficient (Wildman–Crippen LogP) is -2.93. The molecule has 0 aromatic rings. The molecule has 5 N–H and O–H groups in total. The van der Waals surface area contributed by atoms with Crippen molar-refractivity contribution in [2.24, 2.45) is 17.0 Å². The fourth-order valence-electron chi connectivity index (χ4n) is 5.24. The number of aliphatic carboxylic acids is 1. The number of thioether (sulfide) groups is 1. The Morgan fingerprint density at radius 3 is 2.57 bits per heavy atom. The van der Waals surface area contributed by atoms with Crippen LogP contribution in [0.5, 0.6) is 0 Å². The maximum Gasteiger partial charge on any atom is 0.356 e. The van der Waals surface area contributed by atoms with Gasteiger partial charge in [-0.1, -0.05) is 6.92 Å². The minimum atomic E-state index is -3.82. The third-order valence-corrected chi connectivity index (χ3v) is 8.81. The largest absolute Gasteiger partial charge is 0.550 e. The molecule has 3 aliphatic rings. The molecule has 1 unspecified atom stereocenters. The smallest absolute Gasteiger partial charge is 0.356 e. The fraction of sp³-hybridized carbons (Fsp3) is 0.773. The third kappa shape index (κ3) is 7.22. The van der Waals surface area contributed by atoms with Crippen LogP contribution in [-0.4, -0.2) is 111 Å². The maximum absolute atomic E-state index is 13.5. The van der Waals surface area contributed by atoms with E-state index in [9.17, 15) is 33.0 Å². The highest BCUT2D eigenvalue weighted by molar-refractivity contribution is 8.03. The van der Waals surface area contributed by atoms with Gasteiger partial charge in [0.2, 0.25) is 5.91 Å². The molecule has 37 heavy (non-hydrogen) atoms. The molecule has 0 aliphatic carbocycles. The number of quaternary nitrogens is 1. The van der Waals surface area contributed by atoms with Crippen molar-refractivity contribution in [1.29, 1.82) is 0 Å². The molecule has 2 fully saturated rings. The van der Waals surface area contributed by atoms with Crippen LogP contribution in [0.3, 0.4) is 0 Å². The molecule has 1 amide bonds. The Bertz CT molecular complexity index is 1060. The van der Waals surface area contributed by atoms with Crippen molar-refractivity contribution >= 4 is 39.8 Å². The summed E-state index contributed by atoms with van der Waals surface area (Å²) in [5.74, 6) is -3.43. The predicted molar refractivity (Wildman–Crippen MR) is 133 cm³/mol. The summed E-state index contributed by atoms with van der Waals surface area (Å²) >= 11 is 1.41. The van der Waals surface area contributed by atoms with Crippen molar-refractivity contribution in [2.75, 3.05) is 40.8 Å². The highest BCUT2D eigenvalue weighted by Crippen LogP contribution is 2.52. The first-order valence-electron chi connectivity index (χ1n) is 12.1. The van der Waals surface area contributed by atoms with Gasteiger partial charge >= 0.3 is 5.97 Å². The van der Waals surface area contributed by atoms with Crippen LogP contribution >= 0.6 is 11.8 Å². The number of fused-ring (bicyclic) bond motifs is 1. The van der Waals surface area contributed by atoms with Crippen molar-refractivity contribution in [2.45, 2.75) is 56.2 Å². The number of ether oxygens (including phenoxy) is 1. The van der Waals surface area contributed by atoms with Crippen LogP contribution in [0.15, 0.2) is 10.6 Å². The van der Waals surface area contributed by atoms with E-state index in [-0.39, 0.29) is 41.9 Å². The van der Waals surface area contributed by atoms with Crippen LogP contribution in [0, 0.1) is 11.8 Å². The number of carbonyl (C=O) groups is 3. The number of carboxylic acids is 1. The number of amides is 1. The van der Waals surface area contributed by atoms with Crippen molar-refractivity contribution in [3.8, 4) is 0 Å². The second kappa shape index (κ2) is 11.2. The summed E-state index contributed by atoms with van der Waals surface area (Å²) in [6, 6.07) is -0.575. The lowest BCUT2D eigenvalue weighted by Gasteiger charge is -2.46. The number of hydrogen-bond donors (Lipinski definition) is 4. The Balaban J connectivity index is 1.84. The van der Waals surface area contributed by atoms with E-state index in [1.54, 1.807) is 0 Å². The van der Waals surface area contributed by atoms with Gasteiger partial charge in [0.05, 0.1) is 39.2 Å². The molecule has 7 atom stereocenters. The summed E-state index contributed by atoms with van der Waals surface area (Å²) in [5.41, 5.74) is 0.0836. The molecule has 0 saturated carbocycles. The number of hydrogen-bond acceptors (Lipinski definition) is 10. The molecule has 210 valence electrons. The first-order valence-corrected chi connectivity index (χ1v) is 14.5. The minimum Gasteiger partial charge on any atom is -0.550 e. The first kappa shape index (κ1) is 29.8. The number of esters is 1. The van der Waals surface area contributed by atoms with E-state index in [2.05, 4.69) is 10.0 Å². The summed E-state index contributed by atoms with van der Waals surface area (Å²) in [7, 11) is 1.69. The van der Waals surface area contributed by atoms with Crippen molar-refractivity contribution < 1.29 is 42.2 Å². The summed E-state index contributed by atoms with van der Waals surface area (Å²) in [4.78, 5) is 39.8. The summed E-state index contributed by atoms with van der Waals surface area (Å²) in [5, 5.41) is 29.7. The average molecular weight is 564 g/mol. The van der Waals surface area contributed by atoms with Gasteiger partial charge in [0.15, 0.2) is 6.10 Å². The molecule has 0 radical (unpaired) electrons. The fourth-order valence-corrected chi connectivity index (χ4v) is 7.19. The molecule has 13 nitrogen and oxygen atoms in total. The van der Waals surface area contributed by atoms with E-state index < -0.39 is 52.7 Å². The van der Waals surface area contributed by atoms with Crippen molar-refractivity contribution in [3.05, 3.63) is 10.6 Å². The van der Waals surface area contributed by atoms with Gasteiger partial charge in [-0.25, -0.2) is 14.7 Å². The topological polar surface area (TPSA) is 191 Å². The zero-order valence-electron chi connectivity index (χ0n) is 21.7. The molecule has 0 aromatic heterocycles. The molecular weight excluding hydrogens is 526 g/mol. The van der Waals surface area contributed by atoms with E-state index in [0.29, 0.717) is 22.4 Å². The molecule has 2 saturated heterocycles. The quantitative estimate of drug-likeness (QED) is 0.109. The van der Waals surface area contributed by atoms with E-state index in [0.717, 1.165) is 0 Å². The summed E-state index contributed by atoms with van der Waals surface area (Å²) < 4.78 is 30.7. The Morgan fingerprint density at radius 2 is 2.03 bits per heavy atom. The minimum absolute atomic E-state index is 0.0309. The zero-order chi connectivity index (χ0) is 27.9. The van der Waals surface area contributed by atoms with Gasteiger partial charge in [-0.05, 0) is 13.3 Å². The second-order valence-corrected chi connectivity index (χ2v) is 13.7. The first-order chi connectivity index (χ1) is 17.0. The van der Waals surface area contributed by atoms with Gasteiger partial charge in [0.25, 0.3) is 10.2 Å². The SMILES string of the molecule is C[C@@H](O)[C@H]1C(=O)N2C(C(=O)OC(CC(=O)[O-])C[N+](C)(C)C)=C(S[C@@H]3CN[C@H](CNS(N)(=O)=O)C3)[C@H](C)[C@H]12. The Hall–Kier alpha value is -1.75. The lowest BCUT2D eigenvalue weighted by atomic mass is 9.79. The normalized spacial score (nSPS) is 29.6. The molecule has 0 bridgehead atoms. The molecule has 15 heteroatoms. The zero-order valence-corrected chi connectivity index (χ0v) is 23.3. The van der Waals surface area contributed by atoms with Crippen molar-refractivity contribution in [1.82, 2.24) is 14.9 Å². The van der Waals surface area contributed by atoms with Crippen LogP contribution in [0.4, 0.5) is 0 Å². The number of rotatable bonds is 12. The van der Waals surface area contributed by atoms with Gasteiger partial charge in [-0.2, -0.15) is 8.42 Å². The van der Waals surface area contributed by atoms with Crippen LogP contribution in [0.2, 0.25) is 0 Å². The standard InChI is InChI=1S/C22H37N5O8S2/c1-11-18-17(12(2)28)21(31)26(18)19(22(32)35-14(7-16(29)30)10-27(3,4)5)20(11)36-15-6-13(24-9-15)8-25-37(23,33)34/h11-15,17-18,24-25,28H,6-10H2,1-5H3,(H2-,23,29,30,33,34)/t11-,12-,13+,14?,15+,17-,18-/m1/s1. The number of aliphatic hydroxyl groups is 1. The number of carboxylic acid groups (broad SMARTS) is 1. The number of nitrogens with two attached hydrogens (primary N) is 1. The number of nitrogens with zero attached hydrogens (tertiary/aromatic N) is 2. The number of nitrogens with one attached hydrogen (secondary N) is 2. The molecule has 0 spiro atoms. The molecule has 3 aliphatic heterocycles. The van der Waals surface area contributed by atoms with Gasteiger partial charge in [-0.15, -0.1) is 11.8 Å². The van der Waals surface area contributed by atoms with Crippen LogP contribution in [-0.2, 0) is 29.3 Å². The van der Waals surface area contributed by atoms with Crippen LogP contribution in [0.1, 0.15) is 26.7 Å². The van der Waals surface area contributed by atoms with E-state index in [4.69, 9.17) is 9.88 Å². The average Bonchev–Trinajstić information content (AvgIpc) is 3.25. The number of β-lactam (4-membered cyclic amide) rings is 1. The maximum atomic E-state index is 13.5. The Morgan fingerprint density at radius 1 is 1.38 bits per heavy atom. The third-order valence-electron chi connectivity index (χ3n) is 6.73. The number of aliphatic hydroxyl groups excluding tert-OH is 1. The van der Waals surface area contributed by atoms with Gasteiger partial charge in [0.1, 0.15) is 12.2 Å². The van der Waals surface area contributed by atoms with Crippen LogP contribution < -0.4 is 20.3 Å². The highest BCUT2D eigenvalue weighted by atomic mass is 32.2. The lowest BCUT2D eigenvalue weighted by Crippen LogP contribution is -2.63. The second-order valence-electron chi connectivity index (χ2n) is 11.0. The van der Waals surface area contributed by atoms with Crippen LogP contribution in [0.25, 0.3) is 0 Å². The van der Waals surface area contributed by atoms with Gasteiger partial charge in [0, 0.05) is 47.6 Å². The number of carbonyl (C=O) groups excluding carboxylic acids is 3. The van der Waals surface area contributed by atoms with Crippen molar-refractivity contribution in [3.63, 3.8) is 0 Å². The van der Waals surface area contributed by atoms with E-state index in [1.807, 2.05) is 28.1 Å². The molecular formula is C22H37N5O8S2. The molecule has 0 aromatic carbocycles.